The van der Waals surface area contributed by atoms with Crippen molar-refractivity contribution in [3.8, 4) is 0 Å². The quantitative estimate of drug-likeness (QED) is 0.888. The summed E-state index contributed by atoms with van der Waals surface area (Å²) >= 11 is 0. The normalized spacial score (nSPS) is 24.4. The van der Waals surface area contributed by atoms with E-state index in [2.05, 4.69) is 45.5 Å². The lowest BCUT2D eigenvalue weighted by Gasteiger charge is -2.36. The molecule has 2 aliphatic heterocycles. The number of piperidine rings is 2. The monoisotopic (exact) mass is 334 g/mol. The molecule has 6 heteroatoms. The van der Waals surface area contributed by atoms with Crippen molar-refractivity contribution >= 4 is 0 Å². The molecule has 1 aromatic rings. The van der Waals surface area contributed by atoms with Crippen molar-refractivity contribution in [1.29, 1.82) is 0 Å². The molecule has 1 atom stereocenters. The Morgan fingerprint density at radius 3 is 2.46 bits per heavy atom. The molecule has 24 heavy (non-hydrogen) atoms. The highest BCUT2D eigenvalue weighted by Gasteiger charge is 2.28. The Morgan fingerprint density at radius 1 is 1.04 bits per heavy atom. The second-order valence-corrected chi connectivity index (χ2v) is 8.43. The van der Waals surface area contributed by atoms with Gasteiger partial charge in [-0.1, -0.05) is 6.42 Å². The van der Waals surface area contributed by atoms with Gasteiger partial charge in [0, 0.05) is 31.6 Å². The van der Waals surface area contributed by atoms with Gasteiger partial charge in [0.05, 0.1) is 6.54 Å². The molecule has 0 aromatic carbocycles. The number of nitrogens with zero attached hydrogens (tertiary/aromatic N) is 5. The van der Waals surface area contributed by atoms with E-state index in [1.807, 2.05) is 0 Å². The van der Waals surface area contributed by atoms with Gasteiger partial charge < -0.3 is 15.2 Å². The lowest BCUT2D eigenvalue weighted by Crippen LogP contribution is -2.48. The first-order valence-electron chi connectivity index (χ1n) is 9.54. The molecule has 1 aromatic heterocycles. The SMILES string of the molecule is Cn1c(CN2CCCCC2)nnc1C1CCCN(CC(C)(C)N)C1. The van der Waals surface area contributed by atoms with Crippen LogP contribution < -0.4 is 5.73 Å². The summed E-state index contributed by atoms with van der Waals surface area (Å²) in [6, 6.07) is 0. The third-order valence-corrected chi connectivity index (χ3v) is 5.31. The first kappa shape index (κ1) is 17.8. The van der Waals surface area contributed by atoms with E-state index in [9.17, 15) is 0 Å². The van der Waals surface area contributed by atoms with E-state index in [1.54, 1.807) is 0 Å². The van der Waals surface area contributed by atoms with Crippen molar-refractivity contribution in [1.82, 2.24) is 24.6 Å². The second-order valence-electron chi connectivity index (χ2n) is 8.43. The number of hydrogen-bond acceptors (Lipinski definition) is 5. The van der Waals surface area contributed by atoms with Crippen LogP contribution in [-0.2, 0) is 13.6 Å². The van der Waals surface area contributed by atoms with Crippen molar-refractivity contribution in [2.45, 2.75) is 64.0 Å². The minimum absolute atomic E-state index is 0.138. The highest BCUT2D eigenvalue weighted by molar-refractivity contribution is 5.04. The largest absolute Gasteiger partial charge is 0.324 e. The molecule has 1 unspecified atom stereocenters. The molecule has 0 spiro atoms. The molecule has 6 nitrogen and oxygen atoms in total. The van der Waals surface area contributed by atoms with E-state index >= 15 is 0 Å². The van der Waals surface area contributed by atoms with Gasteiger partial charge in [-0.15, -0.1) is 10.2 Å². The summed E-state index contributed by atoms with van der Waals surface area (Å²) in [5.74, 6) is 2.75. The van der Waals surface area contributed by atoms with Gasteiger partial charge in [-0.3, -0.25) is 4.90 Å². The topological polar surface area (TPSA) is 63.2 Å². The third-order valence-electron chi connectivity index (χ3n) is 5.31. The smallest absolute Gasteiger partial charge is 0.146 e. The molecular weight excluding hydrogens is 300 g/mol. The number of nitrogens with two attached hydrogens (primary N) is 1. The van der Waals surface area contributed by atoms with Crippen LogP contribution in [0, 0.1) is 0 Å². The van der Waals surface area contributed by atoms with Gasteiger partial charge in [-0.25, -0.2) is 0 Å². The molecule has 2 fully saturated rings. The predicted octanol–water partition coefficient (Wildman–Crippen LogP) is 1.72. The fourth-order valence-corrected chi connectivity index (χ4v) is 4.17. The van der Waals surface area contributed by atoms with Crippen molar-refractivity contribution < 1.29 is 0 Å². The van der Waals surface area contributed by atoms with E-state index in [0.29, 0.717) is 5.92 Å². The Bertz CT molecular complexity index is 526. The standard InChI is InChI=1S/C18H34N6/c1-18(2,19)14-24-11-7-8-15(12-24)17-21-20-16(22(17)3)13-23-9-5-4-6-10-23/h15H,4-14,19H2,1-3H3. The molecule has 0 aliphatic carbocycles. The number of likely N-dealkylation sites (tertiary alicyclic amines) is 2. The zero-order chi connectivity index (χ0) is 17.2. The highest BCUT2D eigenvalue weighted by atomic mass is 15.3. The second kappa shape index (κ2) is 7.50. The predicted molar refractivity (Wildman–Crippen MR) is 96.8 cm³/mol. The van der Waals surface area contributed by atoms with Crippen LogP contribution >= 0.6 is 0 Å². The fraction of sp³-hybridized carbons (Fsp3) is 0.889. The highest BCUT2D eigenvalue weighted by Crippen LogP contribution is 2.26. The van der Waals surface area contributed by atoms with Gasteiger partial charge in [0.1, 0.15) is 11.6 Å². The summed E-state index contributed by atoms with van der Waals surface area (Å²) in [5.41, 5.74) is 6.07. The lowest BCUT2D eigenvalue weighted by atomic mass is 9.95. The van der Waals surface area contributed by atoms with Crippen LogP contribution in [0.1, 0.15) is 63.5 Å². The zero-order valence-electron chi connectivity index (χ0n) is 15.7. The summed E-state index contributed by atoms with van der Waals surface area (Å²) in [6.07, 6.45) is 6.43. The van der Waals surface area contributed by atoms with Crippen LogP contribution in [0.4, 0.5) is 0 Å². The molecule has 2 N–H and O–H groups in total. The molecule has 0 bridgehead atoms. The Morgan fingerprint density at radius 2 is 1.75 bits per heavy atom. The molecular formula is C18H34N6. The molecule has 2 saturated heterocycles. The van der Waals surface area contributed by atoms with Crippen LogP contribution in [0.5, 0.6) is 0 Å². The minimum atomic E-state index is -0.138. The van der Waals surface area contributed by atoms with Gasteiger partial charge >= 0.3 is 0 Å². The molecule has 0 amide bonds. The molecule has 0 radical (unpaired) electrons. The van der Waals surface area contributed by atoms with Gasteiger partial charge in [-0.2, -0.15) is 0 Å². The summed E-state index contributed by atoms with van der Waals surface area (Å²) in [6.45, 7) is 10.7. The first-order chi connectivity index (χ1) is 11.4. The van der Waals surface area contributed by atoms with E-state index < -0.39 is 0 Å². The minimum Gasteiger partial charge on any atom is -0.324 e. The maximum Gasteiger partial charge on any atom is 0.146 e. The number of aromatic nitrogens is 3. The fourth-order valence-electron chi connectivity index (χ4n) is 4.17. The third kappa shape index (κ3) is 4.55. The van der Waals surface area contributed by atoms with E-state index in [4.69, 9.17) is 5.73 Å². The van der Waals surface area contributed by atoms with E-state index in [0.717, 1.165) is 37.8 Å². The lowest BCUT2D eigenvalue weighted by molar-refractivity contribution is 0.171. The summed E-state index contributed by atoms with van der Waals surface area (Å²) in [5, 5.41) is 9.08. The van der Waals surface area contributed by atoms with Gasteiger partial charge in [0.25, 0.3) is 0 Å². The van der Waals surface area contributed by atoms with Crippen LogP contribution in [0.15, 0.2) is 0 Å². The van der Waals surface area contributed by atoms with Crippen molar-refractivity contribution in [2.75, 3.05) is 32.7 Å². The zero-order valence-corrected chi connectivity index (χ0v) is 15.7. The average Bonchev–Trinajstić information content (AvgIpc) is 2.88. The van der Waals surface area contributed by atoms with Crippen LogP contribution in [-0.4, -0.2) is 62.8 Å². The van der Waals surface area contributed by atoms with Crippen molar-refractivity contribution in [2.24, 2.45) is 12.8 Å². The molecule has 3 heterocycles. The average molecular weight is 335 g/mol. The van der Waals surface area contributed by atoms with Crippen LogP contribution in [0.2, 0.25) is 0 Å². The van der Waals surface area contributed by atoms with Gasteiger partial charge in [0.2, 0.25) is 0 Å². The number of hydrogen-bond donors (Lipinski definition) is 1. The molecule has 0 saturated carbocycles. The van der Waals surface area contributed by atoms with Crippen LogP contribution in [0.25, 0.3) is 0 Å². The Labute approximate surface area is 146 Å². The summed E-state index contributed by atoms with van der Waals surface area (Å²) < 4.78 is 2.25. The summed E-state index contributed by atoms with van der Waals surface area (Å²) in [7, 11) is 2.14. The molecule has 3 rings (SSSR count). The van der Waals surface area contributed by atoms with E-state index in [1.165, 1.54) is 45.2 Å². The van der Waals surface area contributed by atoms with Crippen LogP contribution in [0.3, 0.4) is 0 Å². The Kier molecular flexibility index (Phi) is 5.57. The maximum absolute atomic E-state index is 6.21. The van der Waals surface area contributed by atoms with Crippen molar-refractivity contribution in [3.63, 3.8) is 0 Å². The van der Waals surface area contributed by atoms with Gasteiger partial charge in [-0.05, 0) is 59.2 Å². The molecule has 136 valence electrons. The Hall–Kier alpha value is -0.980. The summed E-state index contributed by atoms with van der Waals surface area (Å²) in [4.78, 5) is 5.01. The number of rotatable bonds is 5. The van der Waals surface area contributed by atoms with Gasteiger partial charge in [0.15, 0.2) is 0 Å². The van der Waals surface area contributed by atoms with E-state index in [-0.39, 0.29) is 5.54 Å². The maximum atomic E-state index is 6.21. The first-order valence-corrected chi connectivity index (χ1v) is 9.54. The Balaban J connectivity index is 1.64. The van der Waals surface area contributed by atoms with Crippen molar-refractivity contribution in [3.05, 3.63) is 11.6 Å². The molecule has 2 aliphatic rings.